The molecular weight excluding hydrogens is 317 g/mol. The van der Waals surface area contributed by atoms with Gasteiger partial charge in [0.15, 0.2) is 0 Å². The summed E-state index contributed by atoms with van der Waals surface area (Å²) in [4.78, 5) is 4.29. The summed E-state index contributed by atoms with van der Waals surface area (Å²) in [5.74, 6) is -1.42. The van der Waals surface area contributed by atoms with Crippen molar-refractivity contribution in [3.63, 3.8) is 0 Å². The Bertz CT molecular complexity index is 732. The first-order valence-corrected chi connectivity index (χ1v) is 8.15. The first kappa shape index (κ1) is 17.0. The molecule has 0 bridgehead atoms. The highest BCUT2D eigenvalue weighted by atomic mass is 19.4. The molecule has 1 aliphatic rings. The minimum Gasteiger partial charge on any atom is -0.388 e. The highest BCUT2D eigenvalue weighted by Crippen LogP contribution is 2.41. The Balaban J connectivity index is 1.77. The van der Waals surface area contributed by atoms with E-state index in [1.165, 1.54) is 0 Å². The van der Waals surface area contributed by atoms with Gasteiger partial charge in [-0.1, -0.05) is 11.6 Å². The lowest BCUT2D eigenvalue weighted by atomic mass is 9.77. The van der Waals surface area contributed by atoms with Crippen LogP contribution in [0.1, 0.15) is 31.2 Å². The SMILES string of the molecule is Cc1ccc2nccc(NCC3(O)CCCC(C(F)(F)F)C3)c2c1. The number of aliphatic hydroxyl groups is 1. The van der Waals surface area contributed by atoms with Crippen molar-refractivity contribution in [2.24, 2.45) is 5.92 Å². The number of aromatic nitrogens is 1. The van der Waals surface area contributed by atoms with Crippen LogP contribution in [0.25, 0.3) is 10.9 Å². The zero-order chi connectivity index (χ0) is 17.4. The Morgan fingerprint density at radius 3 is 2.88 bits per heavy atom. The Kier molecular flexibility index (Phi) is 4.42. The van der Waals surface area contributed by atoms with Crippen LogP contribution in [0.2, 0.25) is 0 Å². The molecule has 0 amide bonds. The lowest BCUT2D eigenvalue weighted by molar-refractivity contribution is -0.199. The van der Waals surface area contributed by atoms with Crippen LogP contribution in [0.4, 0.5) is 18.9 Å². The number of hydrogen-bond acceptors (Lipinski definition) is 3. The van der Waals surface area contributed by atoms with Gasteiger partial charge in [0.05, 0.1) is 17.0 Å². The standard InChI is InChI=1S/C18H21F3N2O/c1-12-4-5-15-14(9-12)16(6-8-22-15)23-11-17(24)7-2-3-13(10-17)18(19,20)21/h4-6,8-9,13,24H,2-3,7,10-11H2,1H3,(H,22,23). The van der Waals surface area contributed by atoms with Crippen LogP contribution in [-0.2, 0) is 0 Å². The Hall–Kier alpha value is -1.82. The number of nitrogens with one attached hydrogen (secondary N) is 1. The van der Waals surface area contributed by atoms with E-state index >= 15 is 0 Å². The molecule has 0 spiro atoms. The Morgan fingerprint density at radius 2 is 2.12 bits per heavy atom. The number of alkyl halides is 3. The molecule has 3 nitrogen and oxygen atoms in total. The van der Waals surface area contributed by atoms with E-state index in [0.29, 0.717) is 12.8 Å². The third kappa shape index (κ3) is 3.64. The molecule has 1 aliphatic carbocycles. The fraction of sp³-hybridized carbons (Fsp3) is 0.500. The molecule has 130 valence electrons. The first-order chi connectivity index (χ1) is 11.3. The van der Waals surface area contributed by atoms with Gasteiger partial charge in [-0.3, -0.25) is 4.98 Å². The lowest BCUT2D eigenvalue weighted by Crippen LogP contribution is -2.45. The topological polar surface area (TPSA) is 45.2 Å². The lowest BCUT2D eigenvalue weighted by Gasteiger charge is -2.38. The molecule has 24 heavy (non-hydrogen) atoms. The quantitative estimate of drug-likeness (QED) is 0.870. The van der Waals surface area contributed by atoms with E-state index < -0.39 is 17.7 Å². The number of fused-ring (bicyclic) bond motifs is 1. The van der Waals surface area contributed by atoms with Crippen molar-refractivity contribution in [3.8, 4) is 0 Å². The van der Waals surface area contributed by atoms with Crippen molar-refractivity contribution in [2.45, 2.75) is 44.4 Å². The van der Waals surface area contributed by atoms with Gasteiger partial charge in [0.1, 0.15) is 0 Å². The number of halogens is 3. The third-order valence-corrected chi connectivity index (χ3v) is 4.79. The molecule has 1 fully saturated rings. The summed E-state index contributed by atoms with van der Waals surface area (Å²) < 4.78 is 38.9. The number of rotatable bonds is 3. The smallest absolute Gasteiger partial charge is 0.388 e. The molecule has 0 aliphatic heterocycles. The summed E-state index contributed by atoms with van der Waals surface area (Å²) in [6.07, 6.45) is -1.96. The zero-order valence-electron chi connectivity index (χ0n) is 13.5. The number of benzene rings is 1. The van der Waals surface area contributed by atoms with Gasteiger partial charge in [-0.2, -0.15) is 13.2 Å². The average molecular weight is 338 g/mol. The number of aryl methyl sites for hydroxylation is 1. The van der Waals surface area contributed by atoms with Gasteiger partial charge < -0.3 is 10.4 Å². The number of pyridine rings is 1. The second kappa shape index (κ2) is 6.24. The number of hydrogen-bond donors (Lipinski definition) is 2. The van der Waals surface area contributed by atoms with Crippen molar-refractivity contribution < 1.29 is 18.3 Å². The highest BCUT2D eigenvalue weighted by Gasteiger charge is 2.46. The van der Waals surface area contributed by atoms with Gasteiger partial charge in [0.25, 0.3) is 0 Å². The summed E-state index contributed by atoms with van der Waals surface area (Å²) >= 11 is 0. The number of anilines is 1. The van der Waals surface area contributed by atoms with Crippen molar-refractivity contribution in [1.82, 2.24) is 4.98 Å². The molecule has 2 unspecified atom stereocenters. The third-order valence-electron chi connectivity index (χ3n) is 4.79. The Labute approximate surface area is 138 Å². The van der Waals surface area contributed by atoms with Crippen LogP contribution in [0.5, 0.6) is 0 Å². The van der Waals surface area contributed by atoms with Crippen molar-refractivity contribution >= 4 is 16.6 Å². The van der Waals surface area contributed by atoms with Crippen LogP contribution < -0.4 is 5.32 Å². The fourth-order valence-electron chi connectivity index (χ4n) is 3.45. The van der Waals surface area contributed by atoms with Gasteiger partial charge in [0, 0.05) is 23.8 Å². The molecule has 2 N–H and O–H groups in total. The maximum Gasteiger partial charge on any atom is 0.391 e. The average Bonchev–Trinajstić information content (AvgIpc) is 2.52. The predicted octanol–water partition coefficient (Wildman–Crippen LogP) is 4.44. The summed E-state index contributed by atoms with van der Waals surface area (Å²) in [6, 6.07) is 7.63. The largest absolute Gasteiger partial charge is 0.391 e. The van der Waals surface area contributed by atoms with E-state index in [9.17, 15) is 18.3 Å². The van der Waals surface area contributed by atoms with E-state index in [-0.39, 0.29) is 19.4 Å². The summed E-state index contributed by atoms with van der Waals surface area (Å²) in [5.41, 5.74) is 1.34. The van der Waals surface area contributed by atoms with Crippen LogP contribution >= 0.6 is 0 Å². The molecule has 1 saturated carbocycles. The van der Waals surface area contributed by atoms with E-state index in [1.54, 1.807) is 12.3 Å². The maximum absolute atomic E-state index is 13.0. The summed E-state index contributed by atoms with van der Waals surface area (Å²) in [7, 11) is 0. The van der Waals surface area contributed by atoms with E-state index in [1.807, 2.05) is 25.1 Å². The normalized spacial score (nSPS) is 25.0. The fourth-order valence-corrected chi connectivity index (χ4v) is 3.45. The monoisotopic (exact) mass is 338 g/mol. The highest BCUT2D eigenvalue weighted by molar-refractivity contribution is 5.91. The molecule has 1 aromatic heterocycles. The predicted molar refractivity (Wildman–Crippen MR) is 87.9 cm³/mol. The summed E-state index contributed by atoms with van der Waals surface area (Å²) in [6.45, 7) is 2.07. The van der Waals surface area contributed by atoms with Crippen LogP contribution in [0, 0.1) is 12.8 Å². The van der Waals surface area contributed by atoms with Gasteiger partial charge in [-0.25, -0.2) is 0 Å². The maximum atomic E-state index is 13.0. The molecule has 3 rings (SSSR count). The molecular formula is C18H21F3N2O. The molecule has 2 aromatic rings. The number of nitrogens with zero attached hydrogens (tertiary/aromatic N) is 1. The van der Waals surface area contributed by atoms with Crippen molar-refractivity contribution in [3.05, 3.63) is 36.0 Å². The van der Waals surface area contributed by atoms with Gasteiger partial charge in [-0.15, -0.1) is 0 Å². The zero-order valence-corrected chi connectivity index (χ0v) is 13.5. The molecule has 2 atom stereocenters. The van der Waals surface area contributed by atoms with Gasteiger partial charge in [0.2, 0.25) is 0 Å². The Morgan fingerprint density at radius 1 is 1.33 bits per heavy atom. The molecule has 0 saturated heterocycles. The van der Waals surface area contributed by atoms with Gasteiger partial charge in [-0.05, 0) is 50.8 Å². The van der Waals surface area contributed by atoms with E-state index in [2.05, 4.69) is 10.3 Å². The second-order valence-electron chi connectivity index (χ2n) is 6.79. The first-order valence-electron chi connectivity index (χ1n) is 8.15. The van der Waals surface area contributed by atoms with E-state index in [4.69, 9.17) is 0 Å². The summed E-state index contributed by atoms with van der Waals surface area (Å²) in [5, 5.41) is 14.7. The van der Waals surface area contributed by atoms with Crippen LogP contribution in [0.3, 0.4) is 0 Å². The van der Waals surface area contributed by atoms with Gasteiger partial charge >= 0.3 is 6.18 Å². The second-order valence-corrected chi connectivity index (χ2v) is 6.79. The van der Waals surface area contributed by atoms with Crippen LogP contribution in [-0.4, -0.2) is 28.4 Å². The van der Waals surface area contributed by atoms with Crippen LogP contribution in [0.15, 0.2) is 30.5 Å². The molecule has 1 heterocycles. The minimum absolute atomic E-state index is 0.100. The van der Waals surface area contributed by atoms with Crippen molar-refractivity contribution in [2.75, 3.05) is 11.9 Å². The van der Waals surface area contributed by atoms with E-state index in [0.717, 1.165) is 22.2 Å². The van der Waals surface area contributed by atoms with Crippen molar-refractivity contribution in [1.29, 1.82) is 0 Å². The molecule has 6 heteroatoms. The molecule has 0 radical (unpaired) electrons. The minimum atomic E-state index is -4.24. The molecule has 1 aromatic carbocycles.